The van der Waals surface area contributed by atoms with Gasteiger partial charge >= 0.3 is 11.9 Å². The van der Waals surface area contributed by atoms with E-state index in [1.54, 1.807) is 57.2 Å². The van der Waals surface area contributed by atoms with Gasteiger partial charge in [-0.25, -0.2) is 14.6 Å². The number of nitrogens with zero attached hydrogens (tertiary/aromatic N) is 3. The smallest absolute Gasteiger partial charge is 0.343 e. The van der Waals surface area contributed by atoms with Gasteiger partial charge in [-0.3, -0.25) is 9.36 Å². The summed E-state index contributed by atoms with van der Waals surface area (Å²) in [6, 6.07) is 17.1. The number of carbonyl (C=O) groups is 2. The minimum Gasteiger partial charge on any atom is -0.490 e. The number of hydrogen-bond donors (Lipinski definition) is 0. The number of esters is 2. The molecule has 0 spiro atoms. The lowest BCUT2D eigenvalue weighted by molar-refractivity contribution is -0.143. The van der Waals surface area contributed by atoms with Gasteiger partial charge < -0.3 is 23.7 Å². The molecule has 0 amide bonds. The molecule has 0 fully saturated rings. The van der Waals surface area contributed by atoms with E-state index >= 15 is 0 Å². The van der Waals surface area contributed by atoms with Crippen molar-refractivity contribution in [3.05, 3.63) is 117 Å². The quantitative estimate of drug-likeness (QED) is 0.164. The molecular formula is C36H31Br2N3O8S. The van der Waals surface area contributed by atoms with Crippen LogP contribution in [0.4, 0.5) is 0 Å². The lowest BCUT2D eigenvalue weighted by Crippen LogP contribution is -2.40. The number of allylic oxidation sites excluding steroid dienone is 1. The Morgan fingerprint density at radius 3 is 2.44 bits per heavy atom. The maximum Gasteiger partial charge on any atom is 0.343 e. The molecule has 11 nitrogen and oxygen atoms in total. The van der Waals surface area contributed by atoms with Crippen LogP contribution >= 0.6 is 43.2 Å². The molecule has 0 radical (unpaired) electrons. The van der Waals surface area contributed by atoms with Crippen LogP contribution in [0, 0.1) is 11.3 Å². The van der Waals surface area contributed by atoms with Gasteiger partial charge in [0.25, 0.3) is 5.56 Å². The van der Waals surface area contributed by atoms with Crippen molar-refractivity contribution in [1.29, 1.82) is 5.26 Å². The maximum absolute atomic E-state index is 14.2. The van der Waals surface area contributed by atoms with Gasteiger partial charge in [0.2, 0.25) is 0 Å². The number of hydrogen-bond acceptors (Lipinski definition) is 11. The fraction of sp³-hybridized carbons (Fsp3) is 0.250. The summed E-state index contributed by atoms with van der Waals surface area (Å²) in [4.78, 5) is 44.4. The summed E-state index contributed by atoms with van der Waals surface area (Å²) in [5, 5.41) is 9.42. The Morgan fingerprint density at radius 2 is 1.76 bits per heavy atom. The lowest BCUT2D eigenvalue weighted by atomic mass is 9.95. The topological polar surface area (TPSA) is 138 Å². The Kier molecular flexibility index (Phi) is 11.9. The highest BCUT2D eigenvalue weighted by atomic mass is 79.9. The predicted molar refractivity (Wildman–Crippen MR) is 193 cm³/mol. The van der Waals surface area contributed by atoms with E-state index in [0.717, 1.165) is 5.56 Å². The van der Waals surface area contributed by atoms with Gasteiger partial charge in [0, 0.05) is 5.56 Å². The van der Waals surface area contributed by atoms with Gasteiger partial charge in [-0.05, 0) is 100 Å². The summed E-state index contributed by atoms with van der Waals surface area (Å²) in [7, 11) is 1.26. The van der Waals surface area contributed by atoms with E-state index in [1.165, 1.54) is 23.0 Å². The number of rotatable bonds is 12. The van der Waals surface area contributed by atoms with Crippen LogP contribution in [0.3, 0.4) is 0 Å². The molecule has 0 unspecified atom stereocenters. The molecule has 5 rings (SSSR count). The molecule has 1 atom stereocenters. The summed E-state index contributed by atoms with van der Waals surface area (Å²) in [5.41, 5.74) is 2.79. The second kappa shape index (κ2) is 16.3. The molecule has 0 aliphatic carbocycles. The first-order valence-electron chi connectivity index (χ1n) is 15.4. The Morgan fingerprint density at radius 1 is 1.02 bits per heavy atom. The summed E-state index contributed by atoms with van der Waals surface area (Å²) in [6.07, 6.45) is 1.74. The summed E-state index contributed by atoms with van der Waals surface area (Å²) >= 11 is 8.36. The number of thiazole rings is 1. The highest BCUT2D eigenvalue weighted by Crippen LogP contribution is 2.37. The average molecular weight is 826 g/mol. The fourth-order valence-electron chi connectivity index (χ4n) is 5.24. The molecule has 0 saturated carbocycles. The highest BCUT2D eigenvalue weighted by Gasteiger charge is 2.34. The monoisotopic (exact) mass is 823 g/mol. The van der Waals surface area contributed by atoms with Gasteiger partial charge in [-0.2, -0.15) is 5.26 Å². The molecule has 0 saturated heterocycles. The number of nitriles is 1. The standard InChI is InChI=1S/C36H31Br2N3O8S/c1-5-46-28-16-22(11-12-27(28)48-19-30(42)45-4)32-31(35(44)47-6-2)20(3)40-36-41(32)34(43)29(50-36)15-21-13-25(37)33(26(38)14-21)49-18-24-10-8-7-9-23(24)17-39/h7-16,32H,5-6,18-19H2,1-4H3/b29-15-/t32-/m0/s1. The SMILES string of the molecule is CCOC(=O)C1=C(C)N=c2s/c(=C\c3cc(Br)c(OCc4ccccc4C#N)c(Br)c3)c(=O)n2[C@H]1c1ccc(OCC(=O)OC)c(OCC)c1. The third kappa shape index (κ3) is 7.85. The summed E-state index contributed by atoms with van der Waals surface area (Å²) < 4.78 is 30.8. The number of aromatic nitrogens is 1. The van der Waals surface area contributed by atoms with Gasteiger partial charge in [0.05, 0.1) is 62.7 Å². The second-order valence-electron chi connectivity index (χ2n) is 10.7. The van der Waals surface area contributed by atoms with Crippen molar-refractivity contribution >= 4 is 61.2 Å². The molecule has 0 N–H and O–H groups in total. The number of carbonyl (C=O) groups excluding carboxylic acids is 2. The van der Waals surface area contributed by atoms with Crippen LogP contribution in [0.1, 0.15) is 49.1 Å². The van der Waals surface area contributed by atoms with E-state index < -0.39 is 18.0 Å². The van der Waals surface area contributed by atoms with Crippen LogP contribution in [0.15, 0.2) is 84.6 Å². The van der Waals surface area contributed by atoms with Gasteiger partial charge in [-0.1, -0.05) is 35.6 Å². The minimum atomic E-state index is -0.896. The molecule has 50 heavy (non-hydrogen) atoms. The van der Waals surface area contributed by atoms with Crippen molar-refractivity contribution in [1.82, 2.24) is 4.57 Å². The molecule has 3 aromatic carbocycles. The Hall–Kier alpha value is -4.71. The average Bonchev–Trinajstić information content (AvgIpc) is 3.40. The zero-order valence-corrected chi connectivity index (χ0v) is 31.4. The Labute approximate surface area is 308 Å². The molecule has 1 aliphatic heterocycles. The molecular weight excluding hydrogens is 794 g/mol. The Balaban J connectivity index is 1.57. The number of benzene rings is 3. The highest BCUT2D eigenvalue weighted by molar-refractivity contribution is 9.11. The first-order chi connectivity index (χ1) is 24.1. The number of methoxy groups -OCH3 is 1. The van der Waals surface area contributed by atoms with Crippen LogP contribution in [0.2, 0.25) is 0 Å². The largest absolute Gasteiger partial charge is 0.490 e. The molecule has 1 aromatic heterocycles. The molecule has 4 aromatic rings. The third-order valence-corrected chi connectivity index (χ3v) is 9.66. The molecule has 14 heteroatoms. The van der Waals surface area contributed by atoms with E-state index in [-0.39, 0.29) is 31.0 Å². The predicted octanol–water partition coefficient (Wildman–Crippen LogP) is 5.72. The van der Waals surface area contributed by atoms with Crippen LogP contribution < -0.4 is 29.1 Å². The normalized spacial score (nSPS) is 13.9. The van der Waals surface area contributed by atoms with E-state index in [9.17, 15) is 19.6 Å². The van der Waals surface area contributed by atoms with E-state index in [4.69, 9.17) is 18.9 Å². The van der Waals surface area contributed by atoms with Crippen molar-refractivity contribution in [3.8, 4) is 23.3 Å². The van der Waals surface area contributed by atoms with Crippen LogP contribution in [-0.2, 0) is 25.7 Å². The Bertz CT molecular complexity index is 2200. The van der Waals surface area contributed by atoms with Crippen molar-refractivity contribution in [2.75, 3.05) is 26.9 Å². The van der Waals surface area contributed by atoms with Crippen molar-refractivity contribution in [3.63, 3.8) is 0 Å². The first kappa shape index (κ1) is 36.6. The van der Waals surface area contributed by atoms with E-state index in [0.29, 0.717) is 64.5 Å². The van der Waals surface area contributed by atoms with E-state index in [2.05, 4.69) is 47.7 Å². The molecule has 0 bridgehead atoms. The summed E-state index contributed by atoms with van der Waals surface area (Å²) in [6.45, 7) is 5.49. The van der Waals surface area contributed by atoms with Crippen molar-refractivity contribution in [2.24, 2.45) is 4.99 Å². The third-order valence-electron chi connectivity index (χ3n) is 7.50. The molecule has 2 heterocycles. The zero-order valence-electron chi connectivity index (χ0n) is 27.5. The number of fused-ring (bicyclic) bond motifs is 1. The van der Waals surface area contributed by atoms with Gasteiger partial charge in [0.1, 0.15) is 12.4 Å². The van der Waals surface area contributed by atoms with Crippen LogP contribution in [0.5, 0.6) is 17.2 Å². The second-order valence-corrected chi connectivity index (χ2v) is 13.4. The fourth-order valence-corrected chi connectivity index (χ4v) is 7.74. The van der Waals surface area contributed by atoms with Gasteiger partial charge in [0.15, 0.2) is 22.9 Å². The number of halogens is 2. The van der Waals surface area contributed by atoms with Crippen molar-refractivity contribution in [2.45, 2.75) is 33.4 Å². The number of ether oxygens (including phenoxy) is 5. The molecule has 258 valence electrons. The molecule has 1 aliphatic rings. The summed E-state index contributed by atoms with van der Waals surface area (Å²) in [5.74, 6) is -0.00546. The van der Waals surface area contributed by atoms with Gasteiger partial charge in [-0.15, -0.1) is 0 Å². The zero-order chi connectivity index (χ0) is 35.9. The minimum absolute atomic E-state index is 0.131. The maximum atomic E-state index is 14.2. The van der Waals surface area contributed by atoms with Crippen molar-refractivity contribution < 1.29 is 33.3 Å². The van der Waals surface area contributed by atoms with Crippen LogP contribution in [-0.4, -0.2) is 43.4 Å². The lowest BCUT2D eigenvalue weighted by Gasteiger charge is -2.25. The first-order valence-corrected chi connectivity index (χ1v) is 17.8. The van der Waals surface area contributed by atoms with E-state index in [1.807, 2.05) is 24.3 Å². The van der Waals surface area contributed by atoms with Crippen LogP contribution in [0.25, 0.3) is 6.08 Å².